The van der Waals surface area contributed by atoms with Gasteiger partial charge in [0.15, 0.2) is 0 Å². The molecule has 0 unspecified atom stereocenters. The first-order valence-electron chi connectivity index (χ1n) is 7.27. The first kappa shape index (κ1) is 18.7. The van der Waals surface area contributed by atoms with Crippen molar-refractivity contribution in [2.75, 3.05) is 12.4 Å². The Kier molecular flexibility index (Phi) is 5.02. The number of hydrogen-bond acceptors (Lipinski definition) is 5. The van der Waals surface area contributed by atoms with Crippen LogP contribution in [0.2, 0.25) is 0 Å². The summed E-state index contributed by atoms with van der Waals surface area (Å²) in [5, 5.41) is 15.3. The molecule has 1 aromatic carbocycles. The van der Waals surface area contributed by atoms with Crippen molar-refractivity contribution in [1.82, 2.24) is 5.01 Å². The van der Waals surface area contributed by atoms with Crippen molar-refractivity contribution in [1.29, 1.82) is 0 Å². The zero-order valence-electron chi connectivity index (χ0n) is 13.4. The highest BCUT2D eigenvalue weighted by Crippen LogP contribution is 2.40. The third-order valence-electron chi connectivity index (χ3n) is 3.64. The Labute approximate surface area is 141 Å². The molecule has 2 N–H and O–H groups in total. The van der Waals surface area contributed by atoms with Gasteiger partial charge in [0.1, 0.15) is 5.75 Å². The van der Waals surface area contributed by atoms with E-state index >= 15 is 0 Å². The standard InChI is InChI=1S/C15H16F3N3O4/c1-3-9-8-14(24,15(16,17)18)21(20-9)13(23)12(22)19-10-4-6-11(25-2)7-5-10/h4-7,24H,3,8H2,1-2H3,(H,19,22)/t14-/m0/s1. The molecule has 0 radical (unpaired) electrons. The maximum Gasteiger partial charge on any atom is 0.438 e. The molecule has 1 heterocycles. The number of benzene rings is 1. The third-order valence-corrected chi connectivity index (χ3v) is 3.64. The van der Waals surface area contributed by atoms with Gasteiger partial charge in [-0.15, -0.1) is 0 Å². The monoisotopic (exact) mass is 359 g/mol. The predicted molar refractivity (Wildman–Crippen MR) is 81.8 cm³/mol. The van der Waals surface area contributed by atoms with E-state index in [1.807, 2.05) is 0 Å². The summed E-state index contributed by atoms with van der Waals surface area (Å²) in [4.78, 5) is 24.1. The van der Waals surface area contributed by atoms with Gasteiger partial charge in [0.2, 0.25) is 0 Å². The maximum absolute atomic E-state index is 13.2. The Morgan fingerprint density at radius 2 is 1.96 bits per heavy atom. The Hall–Kier alpha value is -2.62. The van der Waals surface area contributed by atoms with Crippen LogP contribution in [0, 0.1) is 0 Å². The third kappa shape index (κ3) is 3.58. The number of hydrogen-bond donors (Lipinski definition) is 2. The molecule has 0 fully saturated rings. The lowest BCUT2D eigenvalue weighted by molar-refractivity contribution is -0.301. The van der Waals surface area contributed by atoms with Crippen molar-refractivity contribution in [3.8, 4) is 5.75 Å². The number of carbonyl (C=O) groups excluding carboxylic acids is 2. The molecule has 0 aromatic heterocycles. The van der Waals surface area contributed by atoms with E-state index in [1.54, 1.807) is 0 Å². The van der Waals surface area contributed by atoms with Gasteiger partial charge in [0.25, 0.3) is 5.72 Å². The number of aliphatic hydroxyl groups is 1. The number of nitrogens with zero attached hydrogens (tertiary/aromatic N) is 2. The van der Waals surface area contributed by atoms with E-state index in [-0.39, 0.29) is 22.8 Å². The second kappa shape index (κ2) is 6.71. The Bertz CT molecular complexity index is 703. The zero-order valence-corrected chi connectivity index (χ0v) is 13.4. The Balaban J connectivity index is 2.21. The molecule has 10 heteroatoms. The van der Waals surface area contributed by atoms with Crippen LogP contribution < -0.4 is 10.1 Å². The summed E-state index contributed by atoms with van der Waals surface area (Å²) in [5.41, 5.74) is -3.40. The molecule has 2 rings (SSSR count). The van der Waals surface area contributed by atoms with E-state index in [1.165, 1.54) is 38.3 Å². The van der Waals surface area contributed by atoms with Crippen LogP contribution >= 0.6 is 0 Å². The molecule has 0 bridgehead atoms. The fourth-order valence-electron chi connectivity index (χ4n) is 2.20. The van der Waals surface area contributed by atoms with Crippen molar-refractivity contribution in [3.63, 3.8) is 0 Å². The molecule has 25 heavy (non-hydrogen) atoms. The lowest BCUT2D eigenvalue weighted by Gasteiger charge is -2.32. The van der Waals surface area contributed by atoms with Crippen LogP contribution in [0.1, 0.15) is 19.8 Å². The van der Waals surface area contributed by atoms with Gasteiger partial charge in [-0.1, -0.05) is 6.92 Å². The summed E-state index contributed by atoms with van der Waals surface area (Å²) < 4.78 is 44.5. The second-order valence-corrected chi connectivity index (χ2v) is 5.31. The van der Waals surface area contributed by atoms with Gasteiger partial charge in [-0.05, 0) is 30.7 Å². The summed E-state index contributed by atoms with van der Waals surface area (Å²) in [6.07, 6.45) is -5.96. The van der Waals surface area contributed by atoms with E-state index in [0.29, 0.717) is 5.75 Å². The lowest BCUT2D eigenvalue weighted by atomic mass is 10.1. The Morgan fingerprint density at radius 1 is 1.36 bits per heavy atom. The topological polar surface area (TPSA) is 91.2 Å². The van der Waals surface area contributed by atoms with Gasteiger partial charge in [0.05, 0.1) is 7.11 Å². The average Bonchev–Trinajstić information content (AvgIpc) is 2.93. The normalized spacial score (nSPS) is 20.2. The van der Waals surface area contributed by atoms with Crippen LogP contribution in [0.3, 0.4) is 0 Å². The molecule has 0 aliphatic carbocycles. The van der Waals surface area contributed by atoms with Crippen molar-refractivity contribution in [2.45, 2.75) is 31.7 Å². The molecule has 0 saturated carbocycles. The Morgan fingerprint density at radius 3 is 2.44 bits per heavy atom. The molecule has 1 aliphatic heterocycles. The molecule has 0 saturated heterocycles. The number of ether oxygens (including phenoxy) is 1. The molecule has 2 amide bonds. The molecule has 1 aliphatic rings. The number of carbonyl (C=O) groups is 2. The molecule has 136 valence electrons. The fourth-order valence-corrected chi connectivity index (χ4v) is 2.20. The first-order valence-corrected chi connectivity index (χ1v) is 7.27. The first-order chi connectivity index (χ1) is 11.6. The maximum atomic E-state index is 13.2. The number of hydrazone groups is 1. The summed E-state index contributed by atoms with van der Waals surface area (Å²) >= 11 is 0. The summed E-state index contributed by atoms with van der Waals surface area (Å²) in [5.74, 6) is -2.47. The number of alkyl halides is 3. The summed E-state index contributed by atoms with van der Waals surface area (Å²) in [6.45, 7) is 1.53. The lowest BCUT2D eigenvalue weighted by Crippen LogP contribution is -2.58. The molecular weight excluding hydrogens is 343 g/mol. The quantitative estimate of drug-likeness (QED) is 0.807. The van der Waals surface area contributed by atoms with Crippen molar-refractivity contribution in [3.05, 3.63) is 24.3 Å². The van der Waals surface area contributed by atoms with Gasteiger partial charge < -0.3 is 15.2 Å². The smallest absolute Gasteiger partial charge is 0.438 e. The van der Waals surface area contributed by atoms with Gasteiger partial charge in [-0.25, -0.2) is 0 Å². The van der Waals surface area contributed by atoms with Gasteiger partial charge >= 0.3 is 18.0 Å². The van der Waals surface area contributed by atoms with E-state index in [4.69, 9.17) is 4.74 Å². The highest BCUT2D eigenvalue weighted by atomic mass is 19.4. The summed E-state index contributed by atoms with van der Waals surface area (Å²) in [7, 11) is 1.44. The minimum atomic E-state index is -5.16. The average molecular weight is 359 g/mol. The van der Waals surface area contributed by atoms with E-state index in [9.17, 15) is 27.9 Å². The second-order valence-electron chi connectivity index (χ2n) is 5.31. The van der Waals surface area contributed by atoms with Crippen LogP contribution in [0.5, 0.6) is 5.75 Å². The largest absolute Gasteiger partial charge is 0.497 e. The van der Waals surface area contributed by atoms with Crippen molar-refractivity contribution in [2.24, 2.45) is 5.10 Å². The van der Waals surface area contributed by atoms with E-state index < -0.39 is 30.1 Å². The number of anilines is 1. The highest BCUT2D eigenvalue weighted by Gasteiger charge is 2.63. The molecule has 7 nitrogen and oxygen atoms in total. The summed E-state index contributed by atoms with van der Waals surface area (Å²) in [6, 6.07) is 5.81. The number of rotatable bonds is 3. The predicted octanol–water partition coefficient (Wildman–Crippen LogP) is 1.88. The number of amides is 2. The number of methoxy groups -OCH3 is 1. The van der Waals surface area contributed by atoms with Crippen LogP contribution in [-0.2, 0) is 9.59 Å². The molecule has 0 spiro atoms. The minimum Gasteiger partial charge on any atom is -0.497 e. The molecule has 1 atom stereocenters. The molecular formula is C15H16F3N3O4. The van der Waals surface area contributed by atoms with Crippen LogP contribution in [-0.4, -0.2) is 46.7 Å². The zero-order chi connectivity index (χ0) is 18.8. The van der Waals surface area contributed by atoms with Crippen LogP contribution in [0.15, 0.2) is 29.4 Å². The van der Waals surface area contributed by atoms with Crippen molar-refractivity contribution >= 4 is 23.2 Å². The van der Waals surface area contributed by atoms with Crippen molar-refractivity contribution < 1.29 is 32.6 Å². The highest BCUT2D eigenvalue weighted by molar-refractivity contribution is 6.39. The van der Waals surface area contributed by atoms with Gasteiger partial charge in [0, 0.05) is 17.8 Å². The van der Waals surface area contributed by atoms with Gasteiger partial charge in [-0.2, -0.15) is 23.3 Å². The van der Waals surface area contributed by atoms with Crippen LogP contribution in [0.4, 0.5) is 18.9 Å². The molecule has 1 aromatic rings. The fraction of sp³-hybridized carbons (Fsp3) is 0.400. The number of nitrogens with one attached hydrogen (secondary N) is 1. The van der Waals surface area contributed by atoms with E-state index in [2.05, 4.69) is 10.4 Å². The van der Waals surface area contributed by atoms with Gasteiger partial charge in [-0.3, -0.25) is 9.59 Å². The van der Waals surface area contributed by atoms with E-state index in [0.717, 1.165) is 0 Å². The number of halogens is 3. The minimum absolute atomic E-state index is 0.0366. The SMILES string of the molecule is CCC1=NN(C(=O)C(=O)Nc2ccc(OC)cc2)[C@@](O)(C(F)(F)F)C1. The van der Waals surface area contributed by atoms with Crippen LogP contribution in [0.25, 0.3) is 0 Å².